The number of esters is 1. The fourth-order valence-corrected chi connectivity index (χ4v) is 2.54. The molecule has 0 fully saturated rings. The molecule has 0 radical (unpaired) electrons. The second kappa shape index (κ2) is 5.09. The van der Waals surface area contributed by atoms with Gasteiger partial charge in [0.25, 0.3) is 5.91 Å². The third kappa shape index (κ3) is 2.31. The van der Waals surface area contributed by atoms with Gasteiger partial charge in [-0.15, -0.1) is 0 Å². The number of furan rings is 1. The van der Waals surface area contributed by atoms with Crippen LogP contribution in [0.5, 0.6) is 0 Å². The number of carbonyl (C=O) groups is 2. The van der Waals surface area contributed by atoms with Crippen LogP contribution >= 0.6 is 0 Å². The molecule has 0 saturated heterocycles. The molecule has 1 aromatic carbocycles. The van der Waals surface area contributed by atoms with Gasteiger partial charge in [-0.3, -0.25) is 4.79 Å². The molecule has 21 heavy (non-hydrogen) atoms. The van der Waals surface area contributed by atoms with Gasteiger partial charge in [0.15, 0.2) is 5.76 Å². The number of aryl methyl sites for hydroxylation is 1. The van der Waals surface area contributed by atoms with Crippen LogP contribution in [0.1, 0.15) is 32.2 Å². The van der Waals surface area contributed by atoms with Crippen LogP contribution in [0.2, 0.25) is 0 Å². The number of amides is 1. The first-order valence-corrected chi connectivity index (χ1v) is 6.69. The summed E-state index contributed by atoms with van der Waals surface area (Å²) in [6, 6.07) is 8.68. The maximum Gasteiger partial charge on any atom is 0.337 e. The maximum atomic E-state index is 12.4. The van der Waals surface area contributed by atoms with Crippen molar-refractivity contribution in [3.63, 3.8) is 0 Å². The van der Waals surface area contributed by atoms with E-state index >= 15 is 0 Å². The van der Waals surface area contributed by atoms with Crippen molar-refractivity contribution in [2.45, 2.75) is 13.3 Å². The van der Waals surface area contributed by atoms with E-state index in [0.717, 1.165) is 11.3 Å². The van der Waals surface area contributed by atoms with Gasteiger partial charge in [-0.25, -0.2) is 4.79 Å². The first kappa shape index (κ1) is 13.4. The van der Waals surface area contributed by atoms with E-state index in [1.807, 2.05) is 0 Å². The minimum absolute atomic E-state index is 0.160. The Hall–Kier alpha value is -2.56. The molecule has 0 atom stereocenters. The third-order valence-electron chi connectivity index (χ3n) is 3.59. The van der Waals surface area contributed by atoms with Gasteiger partial charge in [0.1, 0.15) is 5.76 Å². The number of hydrogen-bond donors (Lipinski definition) is 0. The Morgan fingerprint density at radius 1 is 1.24 bits per heavy atom. The summed E-state index contributed by atoms with van der Waals surface area (Å²) in [5.74, 6) is 0.508. The first-order chi connectivity index (χ1) is 10.1. The average Bonchev–Trinajstić information content (AvgIpc) is 3.11. The Morgan fingerprint density at radius 3 is 2.71 bits per heavy atom. The van der Waals surface area contributed by atoms with Gasteiger partial charge in [-0.2, -0.15) is 0 Å². The summed E-state index contributed by atoms with van der Waals surface area (Å²) in [4.78, 5) is 25.6. The minimum atomic E-state index is -0.371. The summed E-state index contributed by atoms with van der Waals surface area (Å²) >= 11 is 0. The van der Waals surface area contributed by atoms with Crippen LogP contribution in [0.25, 0.3) is 0 Å². The minimum Gasteiger partial charge on any atom is -0.465 e. The zero-order chi connectivity index (χ0) is 15.0. The van der Waals surface area contributed by atoms with Crippen LogP contribution in [0.3, 0.4) is 0 Å². The fraction of sp³-hybridized carbons (Fsp3) is 0.250. The lowest BCUT2D eigenvalue weighted by Crippen LogP contribution is -2.28. The summed E-state index contributed by atoms with van der Waals surface area (Å²) in [7, 11) is 1.35. The van der Waals surface area contributed by atoms with Crippen molar-refractivity contribution < 1.29 is 18.7 Å². The number of methoxy groups -OCH3 is 1. The van der Waals surface area contributed by atoms with Crippen molar-refractivity contribution in [1.29, 1.82) is 0 Å². The highest BCUT2D eigenvalue weighted by atomic mass is 16.5. The quantitative estimate of drug-likeness (QED) is 0.796. The van der Waals surface area contributed by atoms with Crippen molar-refractivity contribution in [1.82, 2.24) is 0 Å². The number of nitrogens with zero attached hydrogens (tertiary/aromatic N) is 1. The Morgan fingerprint density at radius 2 is 2.05 bits per heavy atom. The van der Waals surface area contributed by atoms with E-state index < -0.39 is 0 Å². The SMILES string of the molecule is COC(=O)c1ccc2c(c1)CCN2C(=O)c1ccc(C)o1. The first-order valence-electron chi connectivity index (χ1n) is 6.69. The van der Waals surface area contributed by atoms with Crippen LogP contribution in [0.4, 0.5) is 5.69 Å². The Kier molecular flexibility index (Phi) is 3.25. The van der Waals surface area contributed by atoms with Crippen molar-refractivity contribution in [2.75, 3.05) is 18.6 Å². The largest absolute Gasteiger partial charge is 0.465 e. The van der Waals surface area contributed by atoms with E-state index in [2.05, 4.69) is 0 Å². The summed E-state index contributed by atoms with van der Waals surface area (Å²) in [5, 5.41) is 0. The van der Waals surface area contributed by atoms with Gasteiger partial charge in [-0.05, 0) is 49.2 Å². The number of hydrogen-bond acceptors (Lipinski definition) is 4. The van der Waals surface area contributed by atoms with Gasteiger partial charge >= 0.3 is 5.97 Å². The molecule has 5 heteroatoms. The van der Waals surface area contributed by atoms with Crippen molar-refractivity contribution in [3.8, 4) is 0 Å². The van der Waals surface area contributed by atoms with Crippen LogP contribution in [0, 0.1) is 6.92 Å². The predicted octanol–water partition coefficient (Wildman–Crippen LogP) is 2.58. The molecule has 108 valence electrons. The summed E-state index contributed by atoms with van der Waals surface area (Å²) in [6.45, 7) is 2.38. The van der Waals surface area contributed by atoms with Gasteiger partial charge < -0.3 is 14.1 Å². The normalized spacial score (nSPS) is 13.1. The highest BCUT2D eigenvalue weighted by molar-refractivity contribution is 6.06. The molecule has 3 rings (SSSR count). The van der Waals surface area contributed by atoms with E-state index in [1.165, 1.54) is 7.11 Å². The van der Waals surface area contributed by atoms with E-state index in [4.69, 9.17) is 9.15 Å². The Bertz CT molecular complexity index is 717. The Labute approximate surface area is 122 Å². The molecule has 0 bridgehead atoms. The molecule has 1 aliphatic heterocycles. The monoisotopic (exact) mass is 285 g/mol. The topological polar surface area (TPSA) is 59.8 Å². The predicted molar refractivity (Wildman–Crippen MR) is 76.6 cm³/mol. The molecular weight excluding hydrogens is 270 g/mol. The molecule has 0 unspecified atom stereocenters. The van der Waals surface area contributed by atoms with Crippen molar-refractivity contribution in [2.24, 2.45) is 0 Å². The van der Waals surface area contributed by atoms with Crippen LogP contribution in [-0.4, -0.2) is 25.5 Å². The summed E-state index contributed by atoms with van der Waals surface area (Å²) in [6.07, 6.45) is 0.714. The molecule has 2 heterocycles. The molecule has 0 spiro atoms. The molecule has 1 amide bonds. The highest BCUT2D eigenvalue weighted by Gasteiger charge is 2.28. The zero-order valence-electron chi connectivity index (χ0n) is 11.9. The second-order valence-corrected chi connectivity index (χ2v) is 4.95. The van der Waals surface area contributed by atoms with Gasteiger partial charge in [0.2, 0.25) is 0 Å². The standard InChI is InChI=1S/C16H15NO4/c1-10-3-6-14(21-10)15(18)17-8-7-11-9-12(16(19)20-2)4-5-13(11)17/h3-6,9H,7-8H2,1-2H3. The van der Waals surface area contributed by atoms with E-state index in [0.29, 0.717) is 30.0 Å². The van der Waals surface area contributed by atoms with Crippen LogP contribution < -0.4 is 4.90 Å². The third-order valence-corrected chi connectivity index (χ3v) is 3.59. The summed E-state index contributed by atoms with van der Waals surface area (Å²) in [5.41, 5.74) is 2.29. The Balaban J connectivity index is 1.90. The zero-order valence-corrected chi connectivity index (χ0v) is 11.9. The van der Waals surface area contributed by atoms with Gasteiger partial charge in [0.05, 0.1) is 12.7 Å². The molecule has 0 N–H and O–H groups in total. The van der Waals surface area contributed by atoms with Crippen LogP contribution in [0.15, 0.2) is 34.7 Å². The van der Waals surface area contributed by atoms with E-state index in [1.54, 1.807) is 42.2 Å². The number of fused-ring (bicyclic) bond motifs is 1. The molecular formula is C16H15NO4. The van der Waals surface area contributed by atoms with Crippen LogP contribution in [-0.2, 0) is 11.2 Å². The molecule has 0 aliphatic carbocycles. The number of rotatable bonds is 2. The smallest absolute Gasteiger partial charge is 0.337 e. The fourth-order valence-electron chi connectivity index (χ4n) is 2.54. The highest BCUT2D eigenvalue weighted by Crippen LogP contribution is 2.30. The second-order valence-electron chi connectivity index (χ2n) is 4.95. The molecule has 1 aliphatic rings. The van der Waals surface area contributed by atoms with Crippen molar-refractivity contribution >= 4 is 17.6 Å². The lowest BCUT2D eigenvalue weighted by Gasteiger charge is -2.15. The van der Waals surface area contributed by atoms with Gasteiger partial charge in [-0.1, -0.05) is 0 Å². The number of anilines is 1. The number of carbonyl (C=O) groups excluding carboxylic acids is 2. The maximum absolute atomic E-state index is 12.4. The van der Waals surface area contributed by atoms with Crippen molar-refractivity contribution in [3.05, 3.63) is 53.0 Å². The van der Waals surface area contributed by atoms with E-state index in [-0.39, 0.29) is 11.9 Å². The van der Waals surface area contributed by atoms with Gasteiger partial charge in [0, 0.05) is 12.2 Å². The molecule has 5 nitrogen and oxygen atoms in total. The molecule has 2 aromatic rings. The van der Waals surface area contributed by atoms with E-state index in [9.17, 15) is 9.59 Å². The number of benzene rings is 1. The lowest BCUT2D eigenvalue weighted by atomic mass is 10.1. The lowest BCUT2D eigenvalue weighted by molar-refractivity contribution is 0.0600. The molecule has 0 saturated carbocycles. The molecule has 1 aromatic heterocycles. The number of ether oxygens (including phenoxy) is 1. The average molecular weight is 285 g/mol. The summed E-state index contributed by atoms with van der Waals surface area (Å²) < 4.78 is 10.1.